The molecule has 6 aliphatic rings. The smallest absolute Gasteiger partial charge is 0.136 e. The van der Waals surface area contributed by atoms with Crippen LogP contribution in [0.1, 0.15) is 72.2 Å². The predicted molar refractivity (Wildman–Crippen MR) is 590 cm³/mol. The number of benzene rings is 22. The lowest BCUT2D eigenvalue weighted by Gasteiger charge is -2.39. The largest absolute Gasteiger partial charge is 0.457 e. The van der Waals surface area contributed by atoms with Gasteiger partial charge in [-0.1, -0.05) is 352 Å². The highest BCUT2D eigenvalue weighted by molar-refractivity contribution is 7.26. The van der Waals surface area contributed by atoms with E-state index in [1.807, 2.05) is 54.6 Å². The van der Waals surface area contributed by atoms with Crippen LogP contribution in [0.4, 0.5) is 34.1 Å². The minimum absolute atomic E-state index is 0.00162. The average Bonchev–Trinajstić information content (AvgIpc) is 1.52. The molecule has 8 nitrogen and oxygen atoms in total. The van der Waals surface area contributed by atoms with Crippen LogP contribution >= 0.6 is 11.3 Å². The summed E-state index contributed by atoms with van der Waals surface area (Å²) in [4.78, 5) is 0. The molecular formula is C135H85N3O5S. The lowest BCUT2D eigenvalue weighted by molar-refractivity contribution is 0.436. The third-order valence-corrected chi connectivity index (χ3v) is 31.2. The van der Waals surface area contributed by atoms with Crippen molar-refractivity contribution in [2.45, 2.75) is 16.2 Å². The molecule has 3 aromatic heterocycles. The van der Waals surface area contributed by atoms with Gasteiger partial charge in [0, 0.05) is 109 Å². The Morgan fingerprint density at radius 1 is 0.194 bits per heavy atom. The summed E-state index contributed by atoms with van der Waals surface area (Å²) in [7, 11) is 0. The van der Waals surface area contributed by atoms with Crippen LogP contribution in [0.2, 0.25) is 0 Å². The number of rotatable bonds is 10. The van der Waals surface area contributed by atoms with Gasteiger partial charge in [0.25, 0.3) is 0 Å². The van der Waals surface area contributed by atoms with Gasteiger partial charge in [-0.2, -0.15) is 0 Å². The Morgan fingerprint density at radius 3 is 1.07 bits per heavy atom. The molecular weight excluding hydrogens is 1780 g/mol. The topological polar surface area (TPSA) is 90.1 Å². The summed E-state index contributed by atoms with van der Waals surface area (Å²) in [5, 5.41) is 17.0. The molecule has 25 aromatic rings. The number of para-hydroxylation sites is 4. The van der Waals surface area contributed by atoms with Gasteiger partial charge in [-0.25, -0.2) is 0 Å². The summed E-state index contributed by atoms with van der Waals surface area (Å²) >= 11 is 1.39. The van der Waals surface area contributed by atoms with E-state index in [-0.39, 0.29) is 24.2 Å². The summed E-state index contributed by atoms with van der Waals surface area (Å²) in [5.41, 5.74) is 38.7. The fraction of sp³-hybridized carbons (Fsp3) is 0.0222. The van der Waals surface area contributed by atoms with E-state index in [9.17, 15) is 0 Å². The van der Waals surface area contributed by atoms with Gasteiger partial charge in [-0.3, -0.25) is 0 Å². The van der Waals surface area contributed by atoms with Crippen molar-refractivity contribution < 1.29 is 28.5 Å². The van der Waals surface area contributed by atoms with Gasteiger partial charge < -0.3 is 39.0 Å². The Hall–Kier alpha value is -18.5. The second-order valence-corrected chi connectivity index (χ2v) is 38.7. The molecule has 3 aliphatic carbocycles. The number of nitrogens with one attached hydrogen (secondary N) is 3. The molecule has 144 heavy (non-hydrogen) atoms. The molecule has 0 saturated heterocycles. The third kappa shape index (κ3) is 12.6. The van der Waals surface area contributed by atoms with Crippen molar-refractivity contribution in [1.82, 2.24) is 0 Å². The van der Waals surface area contributed by atoms with E-state index in [4.69, 9.17) is 28.5 Å². The van der Waals surface area contributed by atoms with E-state index in [1.54, 1.807) is 0 Å². The first-order valence-electron chi connectivity index (χ1n) is 50.8. The van der Waals surface area contributed by atoms with E-state index in [1.165, 1.54) is 94.8 Å². The van der Waals surface area contributed by atoms with Gasteiger partial charge in [-0.15, -0.1) is 11.3 Å². The van der Waals surface area contributed by atoms with E-state index < -0.39 is 16.2 Å². The zero-order chi connectivity index (χ0) is 98.2. The van der Waals surface area contributed by atoms with Gasteiger partial charge in [0.1, 0.15) is 56.8 Å². The molecule has 0 saturated carbocycles. The molecule has 3 aliphatic heterocycles. The van der Waals surface area contributed by atoms with Gasteiger partial charge in [-0.05, 0) is 257 Å². The SMILES string of the molecule is [2H]c1c([2H])c([2H])c2c(sc3cccc(Nc4ccc5c(c4)C4(c6ccccc6O5)c5ccccc5-c5ccccc54)c32)c1[2H].c1ccc(-c2cc(Nc3ccc4c(c3)C3(c5ccccc5O4)c4ccccc4-c4ccccc43)ccc2-c2cccc3oc4ccccc4c23)cc1.c1ccc(-c2ccc3oc4cccc(-c5ccc(Nc6ccc7c(c6)C6(c8ccccc8O7)c7ccccc7-c7ccccc76)cc5)c4c3c2)cc1. The highest BCUT2D eigenvalue weighted by Crippen LogP contribution is 2.67. The Morgan fingerprint density at radius 2 is 0.556 bits per heavy atom. The Bertz CT molecular complexity index is 9720. The molecule has 0 unspecified atom stereocenters. The predicted octanol–water partition coefficient (Wildman–Crippen LogP) is 36.5. The van der Waals surface area contributed by atoms with Crippen molar-refractivity contribution in [3.05, 3.63) is 564 Å². The lowest BCUT2D eigenvalue weighted by Crippen LogP contribution is -2.32. The van der Waals surface area contributed by atoms with Crippen LogP contribution in [-0.4, -0.2) is 0 Å². The van der Waals surface area contributed by atoms with Crippen molar-refractivity contribution in [3.63, 3.8) is 0 Å². The van der Waals surface area contributed by atoms with Crippen LogP contribution in [-0.2, 0) is 16.2 Å². The van der Waals surface area contributed by atoms with Gasteiger partial charge >= 0.3 is 0 Å². The Labute approximate surface area is 840 Å². The van der Waals surface area contributed by atoms with E-state index in [0.717, 1.165) is 184 Å². The second-order valence-electron chi connectivity index (χ2n) is 37.6. The highest BCUT2D eigenvalue weighted by atomic mass is 32.1. The average molecular weight is 1870 g/mol. The van der Waals surface area contributed by atoms with E-state index in [0.29, 0.717) is 10.1 Å². The Balaban J connectivity index is 0.000000105. The first kappa shape index (κ1) is 78.4. The molecule has 0 radical (unpaired) electrons. The number of anilines is 6. The molecule has 0 amide bonds. The monoisotopic (exact) mass is 1860 g/mol. The first-order chi connectivity index (χ1) is 73.0. The Kier molecular flexibility index (Phi) is 17.9. The maximum Gasteiger partial charge on any atom is 0.136 e. The quantitative estimate of drug-likeness (QED) is 0.125. The second kappa shape index (κ2) is 32.8. The lowest BCUT2D eigenvalue weighted by atomic mass is 9.66. The van der Waals surface area contributed by atoms with Gasteiger partial charge in [0.15, 0.2) is 0 Å². The van der Waals surface area contributed by atoms with E-state index in [2.05, 4.69) is 435 Å². The molecule has 31 rings (SSSR count). The standard InChI is InChI=1S/2C49H31NO2.C37H23NOS/c1-2-13-31(14-3-1)39-29-32(25-27-34(39)37-18-12-24-47-48(37)38-17-6-10-22-44(38)51-47)50-33-26-28-46-43(30-33)49(42-21-9-11-23-45(42)52-46)40-19-7-4-15-35(40)36-16-5-8-20-41(36)49;1-2-11-31(12-3-1)33-23-27-44-39(29-33)48-36(15-10-20-47(48)51-44)32-21-24-34(25-22-32)50-35-26-28-46-43(30-35)49(42-18-8-9-19-45(42)52-46)40-16-6-4-13-37(40)38-14-5-7-17-41(38)49;1-4-13-27-24(10-1)25-11-2-5-14-28(25)37(27)29-15-6-7-17-32(29)39-33-21-20-23(22-30(33)37)38-31-16-9-19-35-36(31)26-12-3-8-18-34(26)40-35/h2*1-30,50H;1-22,38H/i;;3D,8D,12D,18D. The van der Waals surface area contributed by atoms with Crippen molar-refractivity contribution in [3.8, 4) is 112 Å². The zero-order valence-corrected chi connectivity index (χ0v) is 78.3. The molecule has 9 heteroatoms. The minimum Gasteiger partial charge on any atom is -0.457 e. The zero-order valence-electron chi connectivity index (χ0n) is 81.5. The van der Waals surface area contributed by atoms with Crippen molar-refractivity contribution in [2.75, 3.05) is 16.0 Å². The number of hydrogen-bond donors (Lipinski definition) is 3. The number of furan rings is 2. The van der Waals surface area contributed by atoms with Gasteiger partial charge in [0.05, 0.1) is 21.7 Å². The molecule has 3 N–H and O–H groups in total. The molecule has 3 spiro atoms. The number of ether oxygens (including phenoxy) is 3. The van der Waals surface area contributed by atoms with E-state index >= 15 is 0 Å². The summed E-state index contributed by atoms with van der Waals surface area (Å²) in [6, 6.07) is 167. The van der Waals surface area contributed by atoms with Crippen LogP contribution in [0.15, 0.2) is 506 Å². The molecule has 0 atom stereocenters. The minimum atomic E-state index is -0.574. The third-order valence-electron chi connectivity index (χ3n) is 30.1. The van der Waals surface area contributed by atoms with Crippen LogP contribution in [0.3, 0.4) is 0 Å². The van der Waals surface area contributed by atoms with Gasteiger partial charge in [0.2, 0.25) is 0 Å². The number of hydrogen-bond acceptors (Lipinski definition) is 9. The number of thiophene rings is 1. The fourth-order valence-corrected chi connectivity index (χ4v) is 25.3. The molecule has 0 bridgehead atoms. The normalized spacial score (nSPS) is 13.9. The molecule has 0 fully saturated rings. The van der Waals surface area contributed by atoms with Crippen LogP contribution < -0.4 is 30.2 Å². The van der Waals surface area contributed by atoms with Crippen LogP contribution in [0, 0.1) is 0 Å². The maximum atomic E-state index is 8.71. The highest BCUT2D eigenvalue weighted by Gasteiger charge is 2.55. The fourth-order valence-electron chi connectivity index (χ4n) is 24.3. The van der Waals surface area contributed by atoms with Crippen molar-refractivity contribution >= 4 is 110 Å². The summed E-state index contributed by atoms with van der Waals surface area (Å²) in [6.45, 7) is 0. The maximum absolute atomic E-state index is 8.71. The van der Waals surface area contributed by atoms with Crippen molar-refractivity contribution in [1.29, 1.82) is 0 Å². The summed E-state index contributed by atoms with van der Waals surface area (Å²) < 4.78 is 67.7. The van der Waals surface area contributed by atoms with Crippen molar-refractivity contribution in [2.24, 2.45) is 0 Å². The van der Waals surface area contributed by atoms with Crippen LogP contribution in [0.25, 0.3) is 142 Å². The molecule has 6 heterocycles. The van der Waals surface area contributed by atoms with Crippen LogP contribution in [0.5, 0.6) is 34.5 Å². The number of fused-ring (bicyclic) bond motifs is 36. The molecule has 676 valence electrons. The summed E-state index contributed by atoms with van der Waals surface area (Å²) in [6.07, 6.45) is 0. The molecule has 22 aromatic carbocycles. The summed E-state index contributed by atoms with van der Waals surface area (Å²) in [5.74, 6) is 5.18. The first-order valence-corrected chi connectivity index (χ1v) is 49.6.